The van der Waals surface area contributed by atoms with E-state index in [1.807, 2.05) is 18.3 Å². The van der Waals surface area contributed by atoms with Crippen molar-refractivity contribution in [3.63, 3.8) is 0 Å². The van der Waals surface area contributed by atoms with Gasteiger partial charge in [-0.05, 0) is 53.6 Å². The van der Waals surface area contributed by atoms with Crippen molar-refractivity contribution in [2.24, 2.45) is 0 Å². The first-order chi connectivity index (χ1) is 15.0. The molecule has 0 radical (unpaired) electrons. The Balaban J connectivity index is 1.82. The van der Waals surface area contributed by atoms with Gasteiger partial charge < -0.3 is 14.6 Å². The average molecular weight is 419 g/mol. The maximum absolute atomic E-state index is 13.5. The lowest BCUT2D eigenvalue weighted by atomic mass is 9.95. The highest BCUT2D eigenvalue weighted by Crippen LogP contribution is 2.33. The summed E-state index contributed by atoms with van der Waals surface area (Å²) in [6.07, 6.45) is 5.50. The Kier molecular flexibility index (Phi) is 5.94. The van der Waals surface area contributed by atoms with E-state index in [9.17, 15) is 14.3 Å². The zero-order valence-electron chi connectivity index (χ0n) is 17.6. The van der Waals surface area contributed by atoms with Crippen molar-refractivity contribution in [1.29, 1.82) is 0 Å². The number of halogens is 1. The second kappa shape index (κ2) is 8.80. The molecule has 31 heavy (non-hydrogen) atoms. The van der Waals surface area contributed by atoms with Gasteiger partial charge in [0, 0.05) is 48.6 Å². The lowest BCUT2D eigenvalue weighted by Gasteiger charge is -2.21. The molecule has 1 unspecified atom stereocenters. The number of rotatable bonds is 7. The molecule has 1 aliphatic heterocycles. The first kappa shape index (κ1) is 20.9. The summed E-state index contributed by atoms with van der Waals surface area (Å²) in [5.41, 5.74) is 5.58. The molecule has 4 rings (SSSR count). The van der Waals surface area contributed by atoms with E-state index in [4.69, 9.17) is 0 Å². The van der Waals surface area contributed by atoms with Crippen molar-refractivity contribution >= 4 is 22.9 Å². The molecule has 0 bridgehead atoms. The highest BCUT2D eigenvalue weighted by molar-refractivity contribution is 5.88. The second-order valence-corrected chi connectivity index (χ2v) is 8.08. The highest BCUT2D eigenvalue weighted by Gasteiger charge is 2.24. The predicted octanol–water partition coefficient (Wildman–Crippen LogP) is 5.23. The van der Waals surface area contributed by atoms with Crippen LogP contribution in [-0.2, 0) is 24.2 Å². The summed E-state index contributed by atoms with van der Waals surface area (Å²) in [5.74, 6) is -1.43. The van der Waals surface area contributed by atoms with Crippen LogP contribution in [-0.4, -0.2) is 33.6 Å². The van der Waals surface area contributed by atoms with E-state index in [0.29, 0.717) is 6.54 Å². The molecule has 0 fully saturated rings. The summed E-state index contributed by atoms with van der Waals surface area (Å²) < 4.78 is 15.7. The Morgan fingerprint density at radius 3 is 2.55 bits per heavy atom. The van der Waals surface area contributed by atoms with E-state index in [2.05, 4.69) is 34.8 Å². The van der Waals surface area contributed by atoms with Gasteiger partial charge in [-0.25, -0.2) is 4.39 Å². The second-order valence-electron chi connectivity index (χ2n) is 8.08. The molecule has 1 aliphatic rings. The minimum absolute atomic E-state index is 0.0103. The van der Waals surface area contributed by atoms with Gasteiger partial charge in [-0.15, -0.1) is 0 Å². The minimum Gasteiger partial charge on any atom is -0.481 e. The summed E-state index contributed by atoms with van der Waals surface area (Å²) in [4.78, 5) is 13.9. The summed E-state index contributed by atoms with van der Waals surface area (Å²) in [7, 11) is 0. The van der Waals surface area contributed by atoms with Crippen LogP contribution >= 0.6 is 0 Å². The molecule has 4 nitrogen and oxygen atoms in total. The van der Waals surface area contributed by atoms with E-state index >= 15 is 0 Å². The summed E-state index contributed by atoms with van der Waals surface area (Å²) in [6.45, 7) is 10.1. The van der Waals surface area contributed by atoms with E-state index in [-0.39, 0.29) is 18.2 Å². The molecular weight excluding hydrogens is 391 g/mol. The number of carboxylic acids is 1. The molecule has 160 valence electrons. The maximum atomic E-state index is 13.5. The van der Waals surface area contributed by atoms with Gasteiger partial charge in [0.25, 0.3) is 0 Å². The number of nitrogens with zero attached hydrogens (tertiary/aromatic N) is 2. The first-order valence-electron chi connectivity index (χ1n) is 10.6. The van der Waals surface area contributed by atoms with Crippen molar-refractivity contribution < 1.29 is 14.3 Å². The first-order valence-corrected chi connectivity index (χ1v) is 10.6. The number of carbonyl (C=O) groups is 1. The van der Waals surface area contributed by atoms with Crippen molar-refractivity contribution in [2.45, 2.75) is 31.7 Å². The zero-order chi connectivity index (χ0) is 22.0. The van der Waals surface area contributed by atoms with Crippen LogP contribution in [0.15, 0.2) is 61.8 Å². The quantitative estimate of drug-likeness (QED) is 0.572. The van der Waals surface area contributed by atoms with Gasteiger partial charge in [-0.3, -0.25) is 4.79 Å². The lowest BCUT2D eigenvalue weighted by molar-refractivity contribution is -0.137. The van der Waals surface area contributed by atoms with Gasteiger partial charge in [0.15, 0.2) is 0 Å². The Labute approximate surface area is 181 Å². The van der Waals surface area contributed by atoms with Crippen LogP contribution in [0.25, 0.3) is 17.0 Å². The third-order valence-electron chi connectivity index (χ3n) is 6.25. The Morgan fingerprint density at radius 1 is 1.13 bits per heavy atom. The third kappa shape index (κ3) is 4.26. The number of aromatic nitrogens is 1. The number of carboxylic acid groups (broad SMARTS) is 1. The van der Waals surface area contributed by atoms with Crippen molar-refractivity contribution in [3.8, 4) is 0 Å². The van der Waals surface area contributed by atoms with Gasteiger partial charge in [-0.2, -0.15) is 0 Å². The molecular formula is C26H27FN2O2. The maximum Gasteiger partial charge on any atom is 0.304 e. The van der Waals surface area contributed by atoms with E-state index in [0.717, 1.165) is 42.6 Å². The van der Waals surface area contributed by atoms with Crippen molar-refractivity contribution in [2.75, 3.05) is 13.1 Å². The predicted molar refractivity (Wildman–Crippen MR) is 123 cm³/mol. The molecule has 0 saturated carbocycles. The smallest absolute Gasteiger partial charge is 0.304 e. The van der Waals surface area contributed by atoms with E-state index in [1.165, 1.54) is 28.8 Å². The van der Waals surface area contributed by atoms with Gasteiger partial charge in [0.05, 0.1) is 6.42 Å². The fourth-order valence-electron chi connectivity index (χ4n) is 4.65. The molecule has 0 amide bonds. The highest BCUT2D eigenvalue weighted by atomic mass is 19.1. The number of fused-ring (bicyclic) bond motifs is 3. The molecule has 0 spiro atoms. The minimum atomic E-state index is -0.858. The topological polar surface area (TPSA) is 45.5 Å². The summed E-state index contributed by atoms with van der Waals surface area (Å²) in [6, 6.07) is 12.5. The fourth-order valence-corrected chi connectivity index (χ4v) is 4.65. The summed E-state index contributed by atoms with van der Waals surface area (Å²) >= 11 is 0. The van der Waals surface area contributed by atoms with Crippen LogP contribution in [0.2, 0.25) is 0 Å². The molecule has 0 saturated heterocycles. The van der Waals surface area contributed by atoms with Crippen molar-refractivity contribution in [3.05, 3.63) is 90.0 Å². The van der Waals surface area contributed by atoms with Crippen LogP contribution in [0, 0.1) is 5.82 Å². The van der Waals surface area contributed by atoms with Crippen molar-refractivity contribution in [1.82, 2.24) is 9.47 Å². The fraction of sp³-hybridized carbons (Fsp3) is 0.269. The molecule has 2 aromatic carbocycles. The molecule has 0 aliphatic carbocycles. The lowest BCUT2D eigenvalue weighted by Crippen LogP contribution is -2.20. The third-order valence-corrected chi connectivity index (χ3v) is 6.25. The zero-order valence-corrected chi connectivity index (χ0v) is 17.6. The van der Waals surface area contributed by atoms with Gasteiger partial charge in [0.2, 0.25) is 0 Å². The van der Waals surface area contributed by atoms with Gasteiger partial charge >= 0.3 is 5.97 Å². The normalized spacial score (nSPS) is 14.7. The molecule has 1 aromatic heterocycles. The van der Waals surface area contributed by atoms with Crippen LogP contribution in [0.1, 0.15) is 34.7 Å². The Bertz CT molecular complexity index is 1130. The Hall–Kier alpha value is -3.34. The van der Waals surface area contributed by atoms with Crippen LogP contribution < -0.4 is 0 Å². The van der Waals surface area contributed by atoms with E-state index in [1.54, 1.807) is 12.1 Å². The summed E-state index contributed by atoms with van der Waals surface area (Å²) in [5, 5.41) is 10.7. The monoisotopic (exact) mass is 418 g/mol. The molecule has 3 aromatic rings. The van der Waals surface area contributed by atoms with Crippen LogP contribution in [0.4, 0.5) is 4.39 Å². The average Bonchev–Trinajstić information content (AvgIpc) is 2.91. The van der Waals surface area contributed by atoms with Crippen LogP contribution in [0.5, 0.6) is 0 Å². The molecule has 2 heterocycles. The standard InChI is InChI=1S/C26H27FN2O2/c1-3-18-5-10-24-23(15-18)22-11-13-28(4-2)14-12-25(22)29(24)17-20(16-26(30)31)19-6-8-21(27)9-7-19/h3-10,15,20H,1-2,11-14,16-17H2,(H,30,31). The molecule has 1 atom stereocenters. The molecule has 5 heteroatoms. The largest absolute Gasteiger partial charge is 0.481 e. The van der Waals surface area contributed by atoms with E-state index < -0.39 is 5.97 Å². The number of hydrogen-bond acceptors (Lipinski definition) is 2. The number of aliphatic carboxylic acids is 1. The van der Waals surface area contributed by atoms with Gasteiger partial charge in [-0.1, -0.05) is 37.4 Å². The molecule has 1 N–H and O–H groups in total. The SMILES string of the molecule is C=Cc1ccc2c(c1)c1c(n2CC(CC(=O)O)c2ccc(F)cc2)CCN(C=C)CC1. The Morgan fingerprint density at radius 2 is 1.87 bits per heavy atom. The number of hydrogen-bond donors (Lipinski definition) is 1. The number of benzene rings is 2. The van der Waals surface area contributed by atoms with Gasteiger partial charge in [0.1, 0.15) is 5.82 Å². The van der Waals surface area contributed by atoms with Crippen LogP contribution in [0.3, 0.4) is 0 Å².